The number of aryl methyl sites for hydroxylation is 1. The molecule has 6 nitrogen and oxygen atoms in total. The van der Waals surface area contributed by atoms with Crippen LogP contribution < -0.4 is 14.4 Å². The van der Waals surface area contributed by atoms with Crippen LogP contribution in [0.1, 0.15) is 16.7 Å². The molecule has 6 heteroatoms. The fourth-order valence-corrected chi connectivity index (χ4v) is 4.00. The fourth-order valence-electron chi connectivity index (χ4n) is 4.00. The molecule has 0 aliphatic carbocycles. The molecule has 0 bridgehead atoms. The molecule has 0 saturated heterocycles. The quantitative estimate of drug-likeness (QED) is 0.574. The van der Waals surface area contributed by atoms with Crippen molar-refractivity contribution in [1.29, 1.82) is 0 Å². The van der Waals surface area contributed by atoms with Crippen LogP contribution in [0.25, 0.3) is 5.57 Å². The van der Waals surface area contributed by atoms with Crippen LogP contribution in [0.2, 0.25) is 0 Å². The lowest BCUT2D eigenvalue weighted by molar-refractivity contribution is -0.137. The minimum Gasteiger partial charge on any atom is -0.454 e. The number of rotatable bonds is 5. The highest BCUT2D eigenvalue weighted by molar-refractivity contribution is 6.36. The zero-order valence-corrected chi connectivity index (χ0v) is 17.9. The van der Waals surface area contributed by atoms with Gasteiger partial charge in [-0.15, -0.1) is 0 Å². The van der Waals surface area contributed by atoms with Crippen molar-refractivity contribution >= 4 is 23.1 Å². The van der Waals surface area contributed by atoms with Gasteiger partial charge in [0.15, 0.2) is 11.5 Å². The summed E-state index contributed by atoms with van der Waals surface area (Å²) in [5, 5.41) is 0. The van der Waals surface area contributed by atoms with Gasteiger partial charge in [0.25, 0.3) is 11.8 Å². The van der Waals surface area contributed by atoms with Crippen molar-refractivity contribution in [3.8, 4) is 11.5 Å². The predicted molar refractivity (Wildman–Crippen MR) is 121 cm³/mol. The molecule has 2 amide bonds. The Balaban J connectivity index is 1.54. The van der Waals surface area contributed by atoms with Crippen LogP contribution in [0.15, 0.2) is 78.5 Å². The van der Waals surface area contributed by atoms with E-state index in [9.17, 15) is 9.59 Å². The van der Waals surface area contributed by atoms with Gasteiger partial charge in [0, 0.05) is 12.7 Å². The average molecular weight is 426 g/mol. The van der Waals surface area contributed by atoms with Gasteiger partial charge in [0.2, 0.25) is 6.79 Å². The number of carbonyl (C=O) groups excluding carboxylic acids is 2. The van der Waals surface area contributed by atoms with Crippen molar-refractivity contribution in [1.82, 2.24) is 4.90 Å². The highest BCUT2D eigenvalue weighted by Gasteiger charge is 2.41. The van der Waals surface area contributed by atoms with Crippen molar-refractivity contribution in [2.24, 2.45) is 0 Å². The normalized spacial score (nSPS) is 15.0. The summed E-state index contributed by atoms with van der Waals surface area (Å²) in [6.45, 7) is 2.31. The molecule has 0 atom stereocenters. The molecule has 3 aromatic rings. The Morgan fingerprint density at radius 2 is 1.59 bits per heavy atom. The van der Waals surface area contributed by atoms with Crippen LogP contribution in [0.3, 0.4) is 0 Å². The SMILES string of the molecule is Cc1ccc(C2=C(N(C)c3ccccc3)C(=O)N(Cc3ccc4c(c3)OCO4)C2=O)cc1. The first-order valence-electron chi connectivity index (χ1n) is 10.4. The largest absolute Gasteiger partial charge is 0.454 e. The van der Waals surface area contributed by atoms with Gasteiger partial charge >= 0.3 is 0 Å². The number of hydrogen-bond donors (Lipinski definition) is 0. The molecule has 3 aromatic carbocycles. The van der Waals surface area contributed by atoms with E-state index >= 15 is 0 Å². The Hall–Kier alpha value is -4.06. The monoisotopic (exact) mass is 426 g/mol. The predicted octanol–water partition coefficient (Wildman–Crippen LogP) is 4.14. The van der Waals surface area contributed by atoms with E-state index in [0.29, 0.717) is 22.8 Å². The summed E-state index contributed by atoms with van der Waals surface area (Å²) in [5.74, 6) is 0.648. The average Bonchev–Trinajstić information content (AvgIpc) is 3.37. The Morgan fingerprint density at radius 3 is 2.34 bits per heavy atom. The number of likely N-dealkylation sites (N-methyl/N-ethyl adjacent to an activating group) is 1. The fraction of sp³-hybridized carbons (Fsp3) is 0.154. The number of amides is 2. The lowest BCUT2D eigenvalue weighted by Gasteiger charge is -2.21. The molecule has 0 N–H and O–H groups in total. The summed E-state index contributed by atoms with van der Waals surface area (Å²) < 4.78 is 10.8. The second-order valence-electron chi connectivity index (χ2n) is 7.87. The number of hydrogen-bond acceptors (Lipinski definition) is 5. The van der Waals surface area contributed by atoms with E-state index in [1.807, 2.05) is 80.7 Å². The van der Waals surface area contributed by atoms with E-state index < -0.39 is 0 Å². The third-order valence-corrected chi connectivity index (χ3v) is 5.74. The molecular weight excluding hydrogens is 404 g/mol. The minimum absolute atomic E-state index is 0.149. The lowest BCUT2D eigenvalue weighted by Crippen LogP contribution is -2.33. The molecule has 0 saturated carbocycles. The molecule has 2 heterocycles. The van der Waals surface area contributed by atoms with E-state index in [0.717, 1.165) is 22.4 Å². The van der Waals surface area contributed by atoms with Crippen LogP contribution in [-0.4, -0.2) is 30.6 Å². The van der Waals surface area contributed by atoms with Crippen LogP contribution in [-0.2, 0) is 16.1 Å². The summed E-state index contributed by atoms with van der Waals surface area (Å²) in [7, 11) is 1.81. The van der Waals surface area contributed by atoms with Crippen LogP contribution >= 0.6 is 0 Å². The van der Waals surface area contributed by atoms with Gasteiger partial charge in [-0.3, -0.25) is 14.5 Å². The van der Waals surface area contributed by atoms with E-state index in [-0.39, 0.29) is 25.2 Å². The Morgan fingerprint density at radius 1 is 0.875 bits per heavy atom. The third-order valence-electron chi connectivity index (χ3n) is 5.74. The van der Waals surface area contributed by atoms with E-state index in [2.05, 4.69) is 0 Å². The smallest absolute Gasteiger partial charge is 0.278 e. The number of nitrogens with zero attached hydrogens (tertiary/aromatic N) is 2. The number of benzene rings is 3. The van der Waals surface area contributed by atoms with E-state index in [4.69, 9.17) is 9.47 Å². The number of para-hydroxylation sites is 1. The lowest BCUT2D eigenvalue weighted by atomic mass is 10.0. The summed E-state index contributed by atoms with van der Waals surface area (Å²) in [5.41, 5.74) is 4.20. The second-order valence-corrected chi connectivity index (χ2v) is 7.87. The van der Waals surface area contributed by atoms with E-state index in [1.165, 1.54) is 4.90 Å². The molecule has 0 spiro atoms. The minimum atomic E-state index is -0.324. The van der Waals surface area contributed by atoms with Gasteiger partial charge in [-0.2, -0.15) is 0 Å². The molecule has 0 radical (unpaired) electrons. The Labute approximate surface area is 186 Å². The van der Waals surface area contributed by atoms with Crippen molar-refractivity contribution < 1.29 is 19.1 Å². The topological polar surface area (TPSA) is 59.1 Å². The molecular formula is C26H22N2O4. The number of ether oxygens (including phenoxy) is 2. The molecule has 5 rings (SSSR count). The molecule has 0 aromatic heterocycles. The third kappa shape index (κ3) is 3.39. The van der Waals surface area contributed by atoms with Gasteiger partial charge in [-0.25, -0.2) is 0 Å². The van der Waals surface area contributed by atoms with E-state index in [1.54, 1.807) is 11.0 Å². The maximum Gasteiger partial charge on any atom is 0.278 e. The van der Waals surface area contributed by atoms with Gasteiger partial charge in [-0.05, 0) is 42.3 Å². The van der Waals surface area contributed by atoms with Crippen LogP contribution in [0.5, 0.6) is 11.5 Å². The maximum atomic E-state index is 13.6. The molecule has 2 aliphatic rings. The summed E-state index contributed by atoms with van der Waals surface area (Å²) in [6.07, 6.45) is 0. The van der Waals surface area contributed by atoms with Gasteiger partial charge in [-0.1, -0.05) is 54.1 Å². The molecule has 2 aliphatic heterocycles. The first-order valence-corrected chi connectivity index (χ1v) is 10.4. The molecule has 0 fully saturated rings. The van der Waals surface area contributed by atoms with Crippen molar-refractivity contribution in [3.05, 3.63) is 95.2 Å². The molecule has 0 unspecified atom stereocenters. The second kappa shape index (κ2) is 7.89. The highest BCUT2D eigenvalue weighted by atomic mass is 16.7. The number of anilines is 1. The Kier molecular flexibility index (Phi) is 4.90. The zero-order valence-electron chi connectivity index (χ0n) is 17.9. The highest BCUT2D eigenvalue weighted by Crippen LogP contribution is 2.36. The molecule has 160 valence electrons. The van der Waals surface area contributed by atoms with Crippen molar-refractivity contribution in [2.45, 2.75) is 13.5 Å². The first kappa shape index (κ1) is 19.9. The summed E-state index contributed by atoms with van der Waals surface area (Å²) in [4.78, 5) is 30.2. The Bertz CT molecular complexity index is 1230. The first-order chi connectivity index (χ1) is 15.5. The summed E-state index contributed by atoms with van der Waals surface area (Å²) >= 11 is 0. The van der Waals surface area contributed by atoms with Gasteiger partial charge < -0.3 is 14.4 Å². The zero-order chi connectivity index (χ0) is 22.2. The standard InChI is InChI=1S/C26H22N2O4/c1-17-8-11-19(12-9-17)23-24(27(2)20-6-4-3-5-7-20)26(30)28(25(23)29)15-18-10-13-21-22(14-18)32-16-31-21/h3-14H,15-16H2,1-2H3. The van der Waals surface area contributed by atoms with Crippen molar-refractivity contribution in [3.63, 3.8) is 0 Å². The number of fused-ring (bicyclic) bond motifs is 1. The number of imide groups is 1. The molecule has 32 heavy (non-hydrogen) atoms. The van der Waals surface area contributed by atoms with Crippen molar-refractivity contribution in [2.75, 3.05) is 18.7 Å². The van der Waals surface area contributed by atoms with Gasteiger partial charge in [0.1, 0.15) is 5.70 Å². The van der Waals surface area contributed by atoms with Crippen LogP contribution in [0.4, 0.5) is 5.69 Å². The number of carbonyl (C=O) groups is 2. The summed E-state index contributed by atoms with van der Waals surface area (Å²) in [6, 6.07) is 22.7. The maximum absolute atomic E-state index is 13.6. The van der Waals surface area contributed by atoms with Crippen LogP contribution in [0, 0.1) is 6.92 Å². The van der Waals surface area contributed by atoms with Gasteiger partial charge in [0.05, 0.1) is 12.1 Å².